The highest BCUT2D eigenvalue weighted by Crippen LogP contribution is 2.39. The zero-order valence-electron chi connectivity index (χ0n) is 23.9. The third-order valence-electron chi connectivity index (χ3n) is 8.48. The van der Waals surface area contributed by atoms with Crippen LogP contribution in [-0.2, 0) is 4.74 Å². The zero-order valence-corrected chi connectivity index (χ0v) is 23.9. The summed E-state index contributed by atoms with van der Waals surface area (Å²) in [6.07, 6.45) is 8.72. The van der Waals surface area contributed by atoms with Gasteiger partial charge in [0.15, 0.2) is 0 Å². The predicted molar refractivity (Wildman–Crippen MR) is 154 cm³/mol. The number of amides is 1. The molecule has 1 aliphatic heterocycles. The molecular weight excluding hydrogens is 492 g/mol. The predicted octanol–water partition coefficient (Wildman–Crippen LogP) is 5.33. The molecule has 1 aromatic carbocycles. The number of ether oxygens (including phenoxy) is 2. The number of aryl methyl sites for hydroxylation is 1. The number of methoxy groups -OCH3 is 1. The van der Waals surface area contributed by atoms with E-state index in [4.69, 9.17) is 14.5 Å². The summed E-state index contributed by atoms with van der Waals surface area (Å²) in [4.78, 5) is 27.3. The van der Waals surface area contributed by atoms with Gasteiger partial charge in [-0.1, -0.05) is 13.0 Å². The van der Waals surface area contributed by atoms with Gasteiger partial charge in [0.25, 0.3) is 0 Å². The molecule has 9 nitrogen and oxygen atoms in total. The summed E-state index contributed by atoms with van der Waals surface area (Å²) in [5, 5.41) is 2.81. The molecule has 1 N–H and O–H groups in total. The Balaban J connectivity index is 1.39. The smallest absolute Gasteiger partial charge is 0.412 e. The number of piperazine rings is 1. The fraction of sp³-hybridized carbons (Fsp3) is 0.567. The van der Waals surface area contributed by atoms with E-state index >= 15 is 0 Å². The average molecular weight is 535 g/mol. The fourth-order valence-corrected chi connectivity index (χ4v) is 5.94. The Morgan fingerprint density at radius 3 is 2.59 bits per heavy atom. The maximum absolute atomic E-state index is 12.3. The van der Waals surface area contributed by atoms with E-state index in [9.17, 15) is 4.79 Å². The van der Waals surface area contributed by atoms with Crippen LogP contribution < -0.4 is 10.1 Å². The zero-order chi connectivity index (χ0) is 27.5. The molecule has 1 saturated carbocycles. The lowest BCUT2D eigenvalue weighted by Gasteiger charge is -2.41. The SMILES string of the molecule is CCC(C)OC(=O)Nc1ccc(-c2nc(C3CCC(N4CCN(C)CC4)CC3)n3ccnc(C)c23)cc1OC. The molecule has 3 heterocycles. The fourth-order valence-electron chi connectivity index (χ4n) is 5.94. The number of aromatic nitrogens is 3. The van der Waals surface area contributed by atoms with Crippen molar-refractivity contribution in [2.24, 2.45) is 0 Å². The topological polar surface area (TPSA) is 84.2 Å². The molecule has 2 aliphatic rings. The van der Waals surface area contributed by atoms with Crippen LogP contribution in [0.1, 0.15) is 63.4 Å². The first-order valence-electron chi connectivity index (χ1n) is 14.3. The Labute approximate surface area is 231 Å². The van der Waals surface area contributed by atoms with Crippen molar-refractivity contribution in [3.05, 3.63) is 42.1 Å². The van der Waals surface area contributed by atoms with Crippen molar-refractivity contribution in [3.8, 4) is 17.0 Å². The molecule has 1 saturated heterocycles. The number of imidazole rings is 1. The van der Waals surface area contributed by atoms with Gasteiger partial charge in [-0.2, -0.15) is 0 Å². The second-order valence-electron chi connectivity index (χ2n) is 11.1. The number of hydrogen-bond acceptors (Lipinski definition) is 7. The summed E-state index contributed by atoms with van der Waals surface area (Å²) in [6.45, 7) is 10.6. The van der Waals surface area contributed by atoms with Crippen LogP contribution in [0.4, 0.5) is 10.5 Å². The molecule has 39 heavy (non-hydrogen) atoms. The average Bonchev–Trinajstić information content (AvgIpc) is 3.34. The molecule has 5 rings (SSSR count). The van der Waals surface area contributed by atoms with Crippen molar-refractivity contribution >= 4 is 17.3 Å². The first kappa shape index (κ1) is 27.4. The molecule has 1 aliphatic carbocycles. The number of rotatable bonds is 7. The van der Waals surface area contributed by atoms with Gasteiger partial charge in [-0.3, -0.25) is 19.6 Å². The lowest BCUT2D eigenvalue weighted by atomic mass is 9.84. The minimum Gasteiger partial charge on any atom is -0.495 e. The van der Waals surface area contributed by atoms with Crippen LogP contribution >= 0.6 is 0 Å². The van der Waals surface area contributed by atoms with Gasteiger partial charge in [-0.15, -0.1) is 0 Å². The number of carbonyl (C=O) groups excluding carboxylic acids is 1. The number of nitrogens with zero attached hydrogens (tertiary/aromatic N) is 5. The molecule has 2 fully saturated rings. The number of carbonyl (C=O) groups is 1. The van der Waals surface area contributed by atoms with Gasteiger partial charge < -0.3 is 14.4 Å². The van der Waals surface area contributed by atoms with Crippen molar-refractivity contribution in [2.45, 2.75) is 70.9 Å². The quantitative estimate of drug-likeness (QED) is 0.438. The van der Waals surface area contributed by atoms with E-state index in [-0.39, 0.29) is 6.10 Å². The highest BCUT2D eigenvalue weighted by molar-refractivity contribution is 5.89. The van der Waals surface area contributed by atoms with E-state index in [0.29, 0.717) is 23.4 Å². The maximum Gasteiger partial charge on any atom is 0.412 e. The minimum atomic E-state index is -0.489. The minimum absolute atomic E-state index is 0.155. The van der Waals surface area contributed by atoms with E-state index in [1.807, 2.05) is 51.4 Å². The molecular formula is C30H42N6O3. The van der Waals surface area contributed by atoms with Gasteiger partial charge in [0, 0.05) is 56.1 Å². The van der Waals surface area contributed by atoms with Crippen molar-refractivity contribution in [1.29, 1.82) is 0 Å². The first-order valence-corrected chi connectivity index (χ1v) is 14.3. The number of likely N-dealkylation sites (N-methyl/N-ethyl adjacent to an activating group) is 1. The largest absolute Gasteiger partial charge is 0.495 e. The van der Waals surface area contributed by atoms with Crippen LogP contribution in [-0.4, -0.2) is 82.7 Å². The summed E-state index contributed by atoms with van der Waals surface area (Å²) in [5.74, 6) is 2.08. The molecule has 2 aromatic heterocycles. The lowest BCUT2D eigenvalue weighted by molar-refractivity contribution is 0.0872. The third-order valence-corrected chi connectivity index (χ3v) is 8.48. The van der Waals surface area contributed by atoms with Gasteiger partial charge in [-0.05, 0) is 65.1 Å². The normalized spacial score (nSPS) is 21.6. The van der Waals surface area contributed by atoms with Crippen molar-refractivity contribution in [3.63, 3.8) is 0 Å². The van der Waals surface area contributed by atoms with E-state index in [1.54, 1.807) is 7.11 Å². The van der Waals surface area contributed by atoms with Crippen LogP contribution in [0.2, 0.25) is 0 Å². The molecule has 0 spiro atoms. The number of anilines is 1. The number of nitrogens with one attached hydrogen (secondary N) is 1. The first-order chi connectivity index (χ1) is 18.9. The van der Waals surface area contributed by atoms with Crippen LogP contribution in [0.5, 0.6) is 5.75 Å². The highest BCUT2D eigenvalue weighted by atomic mass is 16.6. The van der Waals surface area contributed by atoms with Gasteiger partial charge in [0.1, 0.15) is 17.7 Å². The molecule has 1 amide bonds. The highest BCUT2D eigenvalue weighted by Gasteiger charge is 2.31. The summed E-state index contributed by atoms with van der Waals surface area (Å²) < 4.78 is 13.3. The van der Waals surface area contributed by atoms with Crippen LogP contribution in [0, 0.1) is 6.92 Å². The number of hydrogen-bond donors (Lipinski definition) is 1. The second kappa shape index (κ2) is 11.9. The molecule has 210 valence electrons. The Morgan fingerprint density at radius 2 is 1.90 bits per heavy atom. The second-order valence-corrected chi connectivity index (χ2v) is 11.1. The summed E-state index contributed by atoms with van der Waals surface area (Å²) in [5.41, 5.74) is 4.35. The molecule has 0 radical (unpaired) electrons. The monoisotopic (exact) mass is 534 g/mol. The Kier molecular flexibility index (Phi) is 8.37. The van der Waals surface area contributed by atoms with Gasteiger partial charge in [-0.25, -0.2) is 9.78 Å². The molecule has 0 bridgehead atoms. The van der Waals surface area contributed by atoms with E-state index in [2.05, 4.69) is 31.5 Å². The van der Waals surface area contributed by atoms with E-state index < -0.39 is 6.09 Å². The third kappa shape index (κ3) is 5.89. The molecule has 3 aromatic rings. The number of fused-ring (bicyclic) bond motifs is 1. The van der Waals surface area contributed by atoms with Crippen LogP contribution in [0.3, 0.4) is 0 Å². The van der Waals surface area contributed by atoms with Crippen LogP contribution in [0.15, 0.2) is 30.6 Å². The van der Waals surface area contributed by atoms with Gasteiger partial charge >= 0.3 is 6.09 Å². The number of benzene rings is 1. The van der Waals surface area contributed by atoms with Gasteiger partial charge in [0.2, 0.25) is 0 Å². The standard InChI is InChI=1S/C30H42N6O3/c1-6-20(2)39-30(37)32-25-12-9-23(19-26(25)38-5)27-28-21(3)31-13-14-36(28)29(33-27)22-7-10-24(11-8-22)35-17-15-34(4)16-18-35/h9,12-14,19-20,22,24H,6-8,10-11,15-18H2,1-5H3,(H,32,37). The van der Waals surface area contributed by atoms with Crippen molar-refractivity contribution in [1.82, 2.24) is 24.2 Å². The molecule has 1 unspecified atom stereocenters. The van der Waals surface area contributed by atoms with Gasteiger partial charge in [0.05, 0.1) is 29.7 Å². The summed E-state index contributed by atoms with van der Waals surface area (Å²) in [7, 11) is 3.82. The van der Waals surface area contributed by atoms with Crippen molar-refractivity contribution in [2.75, 3.05) is 45.7 Å². The molecule has 1 atom stereocenters. The van der Waals surface area contributed by atoms with Crippen molar-refractivity contribution < 1.29 is 14.3 Å². The maximum atomic E-state index is 12.3. The lowest BCUT2D eigenvalue weighted by Crippen LogP contribution is -2.49. The van der Waals surface area contributed by atoms with Crippen LogP contribution in [0.25, 0.3) is 16.8 Å². The molecule has 9 heteroatoms. The Morgan fingerprint density at radius 1 is 1.15 bits per heavy atom. The Bertz CT molecular complexity index is 1290. The Hall–Kier alpha value is -3.17. The summed E-state index contributed by atoms with van der Waals surface area (Å²) >= 11 is 0. The van der Waals surface area contributed by atoms with E-state index in [0.717, 1.165) is 60.6 Å². The summed E-state index contributed by atoms with van der Waals surface area (Å²) in [6, 6.07) is 6.44. The van der Waals surface area contributed by atoms with E-state index in [1.165, 1.54) is 25.9 Å².